The lowest BCUT2D eigenvalue weighted by Gasteiger charge is -2.13. The van der Waals surface area contributed by atoms with Gasteiger partial charge in [-0.05, 0) is 12.1 Å². The third-order valence-electron chi connectivity index (χ3n) is 2.67. The second-order valence-electron chi connectivity index (χ2n) is 4.47. The molecule has 1 aromatic carbocycles. The Bertz CT molecular complexity index is 791. The maximum atomic E-state index is 12.7. The number of hydrogen-bond acceptors (Lipinski definition) is 4. The Labute approximate surface area is 140 Å². The zero-order valence-corrected chi connectivity index (χ0v) is 12.5. The molecule has 1 aromatic heterocycles. The van der Waals surface area contributed by atoms with Crippen LogP contribution in [0.25, 0.3) is 0 Å². The number of carbonyl (C=O) groups is 1. The van der Waals surface area contributed by atoms with Crippen molar-refractivity contribution in [3.8, 4) is 17.2 Å². The summed E-state index contributed by atoms with van der Waals surface area (Å²) < 4.78 is 83.2. The minimum Gasteiger partial charge on any atom is -0.455 e. The molecule has 2 aromatic rings. The summed E-state index contributed by atoms with van der Waals surface area (Å²) >= 11 is 5.73. The monoisotopic (exact) mass is 385 g/mol. The maximum Gasteiger partial charge on any atom is 0.573 e. The van der Waals surface area contributed by atoms with Gasteiger partial charge in [0.1, 0.15) is 22.9 Å². The molecule has 0 saturated carbocycles. The van der Waals surface area contributed by atoms with Gasteiger partial charge in [-0.2, -0.15) is 13.2 Å². The van der Waals surface area contributed by atoms with Crippen molar-refractivity contribution >= 4 is 17.9 Å². The Hall–Kier alpha value is -2.49. The number of alkyl halides is 6. The van der Waals surface area contributed by atoms with Gasteiger partial charge in [0, 0.05) is 18.3 Å². The van der Waals surface area contributed by atoms with Gasteiger partial charge in [-0.3, -0.25) is 9.78 Å². The fourth-order valence-corrected chi connectivity index (χ4v) is 1.87. The smallest absolute Gasteiger partial charge is 0.455 e. The van der Waals surface area contributed by atoms with E-state index < -0.39 is 29.7 Å². The molecule has 2 rings (SSSR count). The third-order valence-corrected chi connectivity index (χ3v) is 2.96. The van der Waals surface area contributed by atoms with E-state index in [2.05, 4.69) is 9.72 Å². The van der Waals surface area contributed by atoms with Crippen LogP contribution in [0.2, 0.25) is 5.02 Å². The summed E-state index contributed by atoms with van der Waals surface area (Å²) in [7, 11) is 0. The fourth-order valence-electron chi connectivity index (χ4n) is 1.66. The minimum atomic E-state index is -4.94. The first-order valence-electron chi connectivity index (χ1n) is 6.25. The topological polar surface area (TPSA) is 48.4 Å². The lowest BCUT2D eigenvalue weighted by Crippen LogP contribution is -2.17. The molecule has 0 aliphatic rings. The predicted octanol–water partition coefficient (Wildman–Crippen LogP) is 5.26. The summed E-state index contributed by atoms with van der Waals surface area (Å²) in [5, 5.41) is -0.371. The Morgan fingerprint density at radius 2 is 1.72 bits per heavy atom. The van der Waals surface area contributed by atoms with Crippen molar-refractivity contribution in [2.45, 2.75) is 12.5 Å². The lowest BCUT2D eigenvalue weighted by atomic mass is 10.2. The van der Waals surface area contributed by atoms with Crippen LogP contribution >= 0.6 is 11.6 Å². The summed E-state index contributed by atoms with van der Waals surface area (Å²) in [6, 6.07) is 3.03. The van der Waals surface area contributed by atoms with E-state index in [1.54, 1.807) is 0 Å². The van der Waals surface area contributed by atoms with E-state index in [-0.39, 0.29) is 22.6 Å². The molecule has 0 saturated heterocycles. The van der Waals surface area contributed by atoms with Crippen LogP contribution in [0, 0.1) is 0 Å². The number of hydrogen-bond donors (Lipinski definition) is 0. The van der Waals surface area contributed by atoms with Crippen LogP contribution in [-0.4, -0.2) is 17.6 Å². The lowest BCUT2D eigenvalue weighted by molar-refractivity contribution is -0.274. The Balaban J connectivity index is 2.34. The molecule has 25 heavy (non-hydrogen) atoms. The van der Waals surface area contributed by atoms with Gasteiger partial charge in [-0.15, -0.1) is 13.2 Å². The number of aromatic nitrogens is 1. The second kappa shape index (κ2) is 6.79. The molecule has 0 atom stereocenters. The van der Waals surface area contributed by atoms with Gasteiger partial charge >= 0.3 is 12.5 Å². The van der Waals surface area contributed by atoms with Gasteiger partial charge < -0.3 is 9.47 Å². The third kappa shape index (κ3) is 4.99. The number of ether oxygens (including phenoxy) is 2. The van der Waals surface area contributed by atoms with Gasteiger partial charge in [-0.25, -0.2) is 0 Å². The molecule has 11 heteroatoms. The highest BCUT2D eigenvalue weighted by molar-refractivity contribution is 6.32. The molecule has 0 unspecified atom stereocenters. The molecule has 4 nitrogen and oxygen atoms in total. The molecule has 0 fully saturated rings. The Morgan fingerprint density at radius 3 is 2.24 bits per heavy atom. The van der Waals surface area contributed by atoms with Gasteiger partial charge in [0.15, 0.2) is 6.29 Å². The summed E-state index contributed by atoms with van der Waals surface area (Å²) in [6.45, 7) is 0. The van der Waals surface area contributed by atoms with Crippen LogP contribution in [0.15, 0.2) is 30.5 Å². The molecule has 0 bridgehead atoms. The standard InChI is InChI=1S/C14H6ClF6NO3/c15-9-3-8(25-14(19,20)21)1-2-10(9)24-11-4-12(13(16,17)18)22-5-7(11)6-23/h1-6H. The minimum absolute atomic E-state index is 0.206. The van der Waals surface area contributed by atoms with Crippen molar-refractivity contribution in [2.24, 2.45) is 0 Å². The number of nitrogens with zero attached hydrogens (tertiary/aromatic N) is 1. The van der Waals surface area contributed by atoms with Crippen LogP contribution in [0.1, 0.15) is 16.1 Å². The van der Waals surface area contributed by atoms with Gasteiger partial charge in [0.2, 0.25) is 0 Å². The zero-order chi connectivity index (χ0) is 18.8. The van der Waals surface area contributed by atoms with Crippen molar-refractivity contribution in [3.05, 3.63) is 46.7 Å². The zero-order valence-electron chi connectivity index (χ0n) is 11.8. The number of benzene rings is 1. The summed E-state index contributed by atoms with van der Waals surface area (Å²) in [4.78, 5) is 14.0. The van der Waals surface area contributed by atoms with E-state index in [9.17, 15) is 31.1 Å². The Morgan fingerprint density at radius 1 is 1.04 bits per heavy atom. The summed E-state index contributed by atoms with van der Waals surface area (Å²) in [5.74, 6) is -1.44. The highest BCUT2D eigenvalue weighted by Crippen LogP contribution is 2.37. The van der Waals surface area contributed by atoms with E-state index in [4.69, 9.17) is 16.3 Å². The number of carbonyl (C=O) groups excluding carboxylic acids is 1. The average Bonchev–Trinajstić information content (AvgIpc) is 2.47. The SMILES string of the molecule is O=Cc1cnc(C(F)(F)F)cc1Oc1ccc(OC(F)(F)F)cc1Cl. The molecule has 1 heterocycles. The first kappa shape index (κ1) is 18.8. The molecular formula is C14H6ClF6NO3. The molecule has 0 amide bonds. The molecule has 0 N–H and O–H groups in total. The van der Waals surface area contributed by atoms with Gasteiger partial charge in [0.25, 0.3) is 0 Å². The van der Waals surface area contributed by atoms with Crippen LogP contribution in [0.3, 0.4) is 0 Å². The van der Waals surface area contributed by atoms with Crippen molar-refractivity contribution in [3.63, 3.8) is 0 Å². The molecule has 0 aliphatic carbocycles. The summed E-state index contributed by atoms with van der Waals surface area (Å²) in [6.07, 6.45) is -8.87. The first-order valence-corrected chi connectivity index (χ1v) is 6.63. The van der Waals surface area contributed by atoms with E-state index in [1.807, 2.05) is 0 Å². The van der Waals surface area contributed by atoms with Crippen LogP contribution in [0.5, 0.6) is 17.2 Å². The number of rotatable bonds is 4. The number of aldehydes is 1. The predicted molar refractivity (Wildman–Crippen MR) is 72.8 cm³/mol. The quantitative estimate of drug-likeness (QED) is 0.532. The second-order valence-corrected chi connectivity index (χ2v) is 4.87. The van der Waals surface area contributed by atoms with Gasteiger partial charge in [0.05, 0.1) is 10.6 Å². The molecule has 134 valence electrons. The number of pyridine rings is 1. The molecule has 0 radical (unpaired) electrons. The van der Waals surface area contributed by atoms with Crippen molar-refractivity contribution in [1.82, 2.24) is 4.98 Å². The van der Waals surface area contributed by atoms with Crippen LogP contribution in [-0.2, 0) is 6.18 Å². The van der Waals surface area contributed by atoms with Crippen molar-refractivity contribution < 1.29 is 40.6 Å². The molecule has 0 spiro atoms. The Kier molecular flexibility index (Phi) is 5.12. The maximum absolute atomic E-state index is 12.7. The fraction of sp³-hybridized carbons (Fsp3) is 0.143. The van der Waals surface area contributed by atoms with Crippen molar-refractivity contribution in [1.29, 1.82) is 0 Å². The highest BCUT2D eigenvalue weighted by Gasteiger charge is 2.34. The van der Waals surface area contributed by atoms with E-state index >= 15 is 0 Å². The number of halogens is 7. The van der Waals surface area contributed by atoms with Crippen molar-refractivity contribution in [2.75, 3.05) is 0 Å². The van der Waals surface area contributed by atoms with Gasteiger partial charge in [-0.1, -0.05) is 11.6 Å². The molecular weight excluding hydrogens is 380 g/mol. The van der Waals surface area contributed by atoms with E-state index in [1.165, 1.54) is 0 Å². The highest BCUT2D eigenvalue weighted by atomic mass is 35.5. The first-order chi connectivity index (χ1) is 11.5. The normalized spacial score (nSPS) is 12.0. The average molecular weight is 386 g/mol. The van der Waals surface area contributed by atoms with Crippen LogP contribution < -0.4 is 9.47 Å². The van der Waals surface area contributed by atoms with Crippen LogP contribution in [0.4, 0.5) is 26.3 Å². The largest absolute Gasteiger partial charge is 0.573 e. The van der Waals surface area contributed by atoms with E-state index in [0.717, 1.165) is 18.2 Å². The van der Waals surface area contributed by atoms with E-state index in [0.29, 0.717) is 12.3 Å². The summed E-state index contributed by atoms with van der Waals surface area (Å²) in [5.41, 5.74) is -1.62. The molecule has 0 aliphatic heterocycles.